The maximum absolute atomic E-state index is 12.1. The van der Waals surface area contributed by atoms with Crippen LogP contribution in [0, 0.1) is 0 Å². The van der Waals surface area contributed by atoms with Crippen molar-refractivity contribution in [2.45, 2.75) is 4.90 Å². The predicted octanol–water partition coefficient (Wildman–Crippen LogP) is 5.73. The van der Waals surface area contributed by atoms with E-state index in [1.807, 2.05) is 24.3 Å². The minimum Gasteiger partial charge on any atom is -0.293 e. The first-order valence-electron chi connectivity index (χ1n) is 5.43. The molecule has 0 amide bonds. The predicted molar refractivity (Wildman–Crippen MR) is 85.7 cm³/mol. The molecule has 0 unspecified atom stereocenters. The molecule has 0 radical (unpaired) electrons. The van der Waals surface area contributed by atoms with E-state index in [0.717, 1.165) is 9.37 Å². The fourth-order valence-corrected chi connectivity index (χ4v) is 3.03. The fourth-order valence-electron chi connectivity index (χ4n) is 1.47. The van der Waals surface area contributed by atoms with Crippen LogP contribution in [0.15, 0.2) is 51.8 Å². The molecule has 19 heavy (non-hydrogen) atoms. The van der Waals surface area contributed by atoms with Crippen molar-refractivity contribution in [3.05, 3.63) is 62.5 Å². The molecule has 1 nitrogen and oxygen atoms in total. The summed E-state index contributed by atoms with van der Waals surface area (Å²) < 4.78 is 1.02. The van der Waals surface area contributed by atoms with Crippen LogP contribution in [0.5, 0.6) is 0 Å². The topological polar surface area (TPSA) is 17.1 Å². The van der Waals surface area contributed by atoms with Crippen molar-refractivity contribution in [3.8, 4) is 0 Å². The third kappa shape index (κ3) is 4.25. The standard InChI is InChI=1S/C14H9BrCl2OS/c15-9-1-4-11(5-2-9)19-8-14(18)12-6-3-10(16)7-13(12)17/h1-7H,8H2. The van der Waals surface area contributed by atoms with E-state index in [0.29, 0.717) is 21.4 Å². The second-order valence-corrected chi connectivity index (χ2v) is 6.60. The van der Waals surface area contributed by atoms with Gasteiger partial charge in [-0.15, -0.1) is 11.8 Å². The van der Waals surface area contributed by atoms with E-state index in [-0.39, 0.29) is 5.78 Å². The number of Topliss-reactive ketones (excluding diaryl/α,β-unsaturated/α-hetero) is 1. The zero-order valence-corrected chi connectivity index (χ0v) is 13.6. The Bertz CT molecular complexity index is 599. The summed E-state index contributed by atoms with van der Waals surface area (Å²) in [5.41, 5.74) is 0.510. The van der Waals surface area contributed by atoms with Gasteiger partial charge >= 0.3 is 0 Å². The molecule has 0 heterocycles. The Morgan fingerprint density at radius 3 is 2.42 bits per heavy atom. The van der Waals surface area contributed by atoms with E-state index in [9.17, 15) is 4.79 Å². The maximum atomic E-state index is 12.1. The molecule has 2 aromatic rings. The molecule has 0 saturated heterocycles. The molecular formula is C14H9BrCl2OS. The van der Waals surface area contributed by atoms with E-state index in [2.05, 4.69) is 15.9 Å². The molecule has 0 aliphatic carbocycles. The number of carbonyl (C=O) groups excluding carboxylic acids is 1. The van der Waals surface area contributed by atoms with Crippen molar-refractivity contribution >= 4 is 56.7 Å². The van der Waals surface area contributed by atoms with Crippen LogP contribution in [0.4, 0.5) is 0 Å². The first kappa shape index (κ1) is 14.9. The molecule has 0 aliphatic rings. The van der Waals surface area contributed by atoms with Gasteiger partial charge in [0, 0.05) is 20.0 Å². The van der Waals surface area contributed by atoms with Gasteiger partial charge in [0.25, 0.3) is 0 Å². The van der Waals surface area contributed by atoms with Crippen molar-refractivity contribution in [3.63, 3.8) is 0 Å². The Morgan fingerprint density at radius 2 is 1.79 bits per heavy atom. The number of ketones is 1. The minimum atomic E-state index is -0.00501. The van der Waals surface area contributed by atoms with Crippen LogP contribution in [0.1, 0.15) is 10.4 Å². The second kappa shape index (κ2) is 6.80. The van der Waals surface area contributed by atoms with Gasteiger partial charge in [-0.05, 0) is 42.5 Å². The molecule has 2 rings (SSSR count). The molecule has 5 heteroatoms. The summed E-state index contributed by atoms with van der Waals surface area (Å²) in [6.07, 6.45) is 0. The quantitative estimate of drug-likeness (QED) is 0.501. The van der Waals surface area contributed by atoms with E-state index in [1.54, 1.807) is 18.2 Å². The van der Waals surface area contributed by atoms with Crippen molar-refractivity contribution in [2.75, 3.05) is 5.75 Å². The smallest absolute Gasteiger partial charge is 0.174 e. The molecular weight excluding hydrogens is 367 g/mol. The number of halogens is 3. The second-order valence-electron chi connectivity index (χ2n) is 3.79. The van der Waals surface area contributed by atoms with Gasteiger partial charge in [0.1, 0.15) is 0 Å². The summed E-state index contributed by atoms with van der Waals surface area (Å²) in [6.45, 7) is 0. The van der Waals surface area contributed by atoms with E-state index < -0.39 is 0 Å². The lowest BCUT2D eigenvalue weighted by atomic mass is 10.1. The lowest BCUT2D eigenvalue weighted by Crippen LogP contribution is -2.03. The zero-order valence-electron chi connectivity index (χ0n) is 9.70. The maximum Gasteiger partial charge on any atom is 0.174 e. The van der Waals surface area contributed by atoms with Gasteiger partial charge in [-0.2, -0.15) is 0 Å². The van der Waals surface area contributed by atoms with Crippen LogP contribution in [0.2, 0.25) is 10.0 Å². The minimum absolute atomic E-state index is 0.00501. The summed E-state index contributed by atoms with van der Waals surface area (Å²) in [5, 5.41) is 0.927. The molecule has 0 fully saturated rings. The molecule has 0 spiro atoms. The normalized spacial score (nSPS) is 10.5. The number of rotatable bonds is 4. The van der Waals surface area contributed by atoms with Gasteiger partial charge in [0.15, 0.2) is 5.78 Å². The summed E-state index contributed by atoms with van der Waals surface area (Å²) >= 11 is 16.7. The van der Waals surface area contributed by atoms with Gasteiger partial charge in [0.2, 0.25) is 0 Å². The Kier molecular flexibility index (Phi) is 5.34. The first-order chi connectivity index (χ1) is 9.06. The van der Waals surface area contributed by atoms with Crippen LogP contribution in [-0.4, -0.2) is 11.5 Å². The summed E-state index contributed by atoms with van der Waals surface area (Å²) in [5.74, 6) is 0.345. The highest BCUT2D eigenvalue weighted by molar-refractivity contribution is 9.10. The van der Waals surface area contributed by atoms with E-state index in [1.165, 1.54) is 11.8 Å². The van der Waals surface area contributed by atoms with Gasteiger partial charge in [-0.3, -0.25) is 4.79 Å². The fraction of sp³-hybridized carbons (Fsp3) is 0.0714. The van der Waals surface area contributed by atoms with Crippen molar-refractivity contribution in [1.82, 2.24) is 0 Å². The average Bonchev–Trinajstić information content (AvgIpc) is 2.37. The van der Waals surface area contributed by atoms with Crippen molar-refractivity contribution in [2.24, 2.45) is 0 Å². The Hall–Kier alpha value is -0.480. The molecule has 98 valence electrons. The zero-order chi connectivity index (χ0) is 13.8. The van der Waals surface area contributed by atoms with Crippen LogP contribution < -0.4 is 0 Å². The first-order valence-corrected chi connectivity index (χ1v) is 7.96. The van der Waals surface area contributed by atoms with E-state index >= 15 is 0 Å². The largest absolute Gasteiger partial charge is 0.293 e. The number of hydrogen-bond donors (Lipinski definition) is 0. The molecule has 0 aliphatic heterocycles. The summed E-state index contributed by atoms with van der Waals surface area (Å²) in [6, 6.07) is 12.7. The van der Waals surface area contributed by atoms with Gasteiger partial charge in [-0.25, -0.2) is 0 Å². The van der Waals surface area contributed by atoms with Crippen LogP contribution >= 0.6 is 50.9 Å². The average molecular weight is 376 g/mol. The lowest BCUT2D eigenvalue weighted by Gasteiger charge is -2.04. The number of carbonyl (C=O) groups is 1. The number of thioether (sulfide) groups is 1. The monoisotopic (exact) mass is 374 g/mol. The van der Waals surface area contributed by atoms with Gasteiger partial charge in [0.05, 0.1) is 10.8 Å². The number of hydrogen-bond acceptors (Lipinski definition) is 2. The molecule has 0 atom stereocenters. The molecule has 0 bridgehead atoms. The SMILES string of the molecule is O=C(CSc1ccc(Br)cc1)c1ccc(Cl)cc1Cl. The highest BCUT2D eigenvalue weighted by atomic mass is 79.9. The molecule has 2 aromatic carbocycles. The third-order valence-corrected chi connectivity index (χ3v) is 4.50. The Balaban J connectivity index is 2.03. The van der Waals surface area contributed by atoms with Crippen LogP contribution in [0.25, 0.3) is 0 Å². The highest BCUT2D eigenvalue weighted by Crippen LogP contribution is 2.25. The van der Waals surface area contributed by atoms with Gasteiger partial charge in [-0.1, -0.05) is 39.1 Å². The van der Waals surface area contributed by atoms with Crippen LogP contribution in [0.3, 0.4) is 0 Å². The summed E-state index contributed by atoms with van der Waals surface area (Å²) in [7, 11) is 0. The third-order valence-electron chi connectivity index (χ3n) is 2.42. The lowest BCUT2D eigenvalue weighted by molar-refractivity contribution is 0.102. The van der Waals surface area contributed by atoms with Crippen molar-refractivity contribution < 1.29 is 4.79 Å². The molecule has 0 aromatic heterocycles. The van der Waals surface area contributed by atoms with Gasteiger partial charge < -0.3 is 0 Å². The molecule has 0 N–H and O–H groups in total. The Labute approximate surface area is 134 Å². The highest BCUT2D eigenvalue weighted by Gasteiger charge is 2.11. The van der Waals surface area contributed by atoms with E-state index in [4.69, 9.17) is 23.2 Å². The summed E-state index contributed by atoms with van der Waals surface area (Å²) in [4.78, 5) is 13.1. The van der Waals surface area contributed by atoms with Crippen LogP contribution in [-0.2, 0) is 0 Å². The number of benzene rings is 2. The molecule has 0 saturated carbocycles. The Morgan fingerprint density at radius 1 is 1.11 bits per heavy atom. The van der Waals surface area contributed by atoms with Crippen molar-refractivity contribution in [1.29, 1.82) is 0 Å².